The van der Waals surface area contributed by atoms with Crippen LogP contribution in [0.4, 0.5) is 0 Å². The minimum atomic E-state index is 0.595. The molecule has 34 heavy (non-hydrogen) atoms. The van der Waals surface area contributed by atoms with Crippen molar-refractivity contribution in [2.24, 2.45) is 0 Å². The molecule has 5 rings (SSSR count). The quantitative estimate of drug-likeness (QED) is 0.278. The van der Waals surface area contributed by atoms with E-state index < -0.39 is 0 Å². The Kier molecular flexibility index (Phi) is 5.45. The number of hydrogen-bond acceptors (Lipinski definition) is 4. The summed E-state index contributed by atoms with van der Waals surface area (Å²) >= 11 is 0. The van der Waals surface area contributed by atoms with Crippen molar-refractivity contribution in [1.82, 2.24) is 9.97 Å². The van der Waals surface area contributed by atoms with Crippen LogP contribution in [0.5, 0.6) is 0 Å². The maximum atomic E-state index is 6.12. The van der Waals surface area contributed by atoms with Gasteiger partial charge in [0.2, 0.25) is 11.8 Å². The van der Waals surface area contributed by atoms with Crippen LogP contribution in [0.3, 0.4) is 0 Å². The van der Waals surface area contributed by atoms with Crippen molar-refractivity contribution in [3.63, 3.8) is 0 Å². The summed E-state index contributed by atoms with van der Waals surface area (Å²) in [6.45, 7) is 12.8. The molecule has 0 aliphatic carbocycles. The maximum Gasteiger partial charge on any atom is 0.226 e. The summed E-state index contributed by atoms with van der Waals surface area (Å²) in [6, 6.07) is 16.4. The summed E-state index contributed by atoms with van der Waals surface area (Å²) in [4.78, 5) is 9.04. The van der Waals surface area contributed by atoms with Crippen molar-refractivity contribution in [3.05, 3.63) is 94.3 Å². The molecule has 0 unspecified atom stereocenters. The van der Waals surface area contributed by atoms with Gasteiger partial charge in [0.25, 0.3) is 0 Å². The normalized spacial score (nSPS) is 11.2. The minimum Gasteiger partial charge on any atom is -0.436 e. The maximum absolute atomic E-state index is 6.12. The highest BCUT2D eigenvalue weighted by Crippen LogP contribution is 2.33. The molecule has 2 aromatic heterocycles. The van der Waals surface area contributed by atoms with E-state index in [-0.39, 0.29) is 0 Å². The Hall–Kier alpha value is -3.92. The fourth-order valence-corrected chi connectivity index (χ4v) is 4.27. The molecule has 4 nitrogen and oxygen atoms in total. The van der Waals surface area contributed by atoms with Gasteiger partial charge in [-0.1, -0.05) is 24.3 Å². The third-order valence-corrected chi connectivity index (χ3v) is 7.04. The van der Waals surface area contributed by atoms with Gasteiger partial charge in [-0.2, -0.15) is 0 Å². The SMILES string of the molecule is Cc1ccc(-c2cnc(-c3ccc(-c4ncc(-c5ccc(C)c(C)c5C)o4)cc3)o2)c(C)c1C. The molecule has 0 N–H and O–H groups in total. The van der Waals surface area contributed by atoms with Crippen LogP contribution in [0.25, 0.3) is 45.6 Å². The molecule has 0 spiro atoms. The Morgan fingerprint density at radius 3 is 1.24 bits per heavy atom. The topological polar surface area (TPSA) is 52.1 Å². The lowest BCUT2D eigenvalue weighted by Crippen LogP contribution is -1.89. The molecule has 3 aromatic carbocycles. The van der Waals surface area contributed by atoms with Gasteiger partial charge in [0, 0.05) is 22.3 Å². The van der Waals surface area contributed by atoms with Gasteiger partial charge in [0.05, 0.1) is 12.4 Å². The number of nitrogens with zero attached hydrogens (tertiary/aromatic N) is 2. The largest absolute Gasteiger partial charge is 0.436 e. The molecule has 0 aliphatic rings. The van der Waals surface area contributed by atoms with Crippen molar-refractivity contribution in [1.29, 1.82) is 0 Å². The van der Waals surface area contributed by atoms with Crippen LogP contribution in [0, 0.1) is 41.5 Å². The molecule has 0 fully saturated rings. The molecule has 0 radical (unpaired) electrons. The predicted molar refractivity (Wildman–Crippen MR) is 137 cm³/mol. The second kappa shape index (κ2) is 8.45. The van der Waals surface area contributed by atoms with E-state index in [4.69, 9.17) is 8.83 Å². The number of benzene rings is 3. The standard InChI is InChI=1S/C30H28N2O2/c1-17-7-13-25(21(5)19(17)3)27-15-31-29(33-27)23-9-11-24(12-10-23)30-32-16-28(34-30)26-14-8-18(2)20(4)22(26)6/h7-16H,1-6H3. The summed E-state index contributed by atoms with van der Waals surface area (Å²) < 4.78 is 12.2. The van der Waals surface area contributed by atoms with Crippen LogP contribution in [0.15, 0.2) is 69.8 Å². The molecule has 4 heteroatoms. The Morgan fingerprint density at radius 2 is 0.853 bits per heavy atom. The highest BCUT2D eigenvalue weighted by Gasteiger charge is 2.15. The lowest BCUT2D eigenvalue weighted by atomic mass is 9.98. The number of aromatic nitrogens is 2. The van der Waals surface area contributed by atoms with Crippen LogP contribution >= 0.6 is 0 Å². The lowest BCUT2D eigenvalue weighted by molar-refractivity contribution is 0.586. The molecule has 0 amide bonds. The second-order valence-corrected chi connectivity index (χ2v) is 9.00. The van der Waals surface area contributed by atoms with Gasteiger partial charge in [-0.25, -0.2) is 9.97 Å². The molecule has 0 atom stereocenters. The molecular weight excluding hydrogens is 420 g/mol. The molecule has 5 aromatic rings. The molecule has 0 saturated carbocycles. The van der Waals surface area contributed by atoms with Gasteiger partial charge < -0.3 is 8.83 Å². The highest BCUT2D eigenvalue weighted by atomic mass is 16.4. The van der Waals surface area contributed by atoms with Crippen LogP contribution in [-0.2, 0) is 0 Å². The van der Waals surface area contributed by atoms with E-state index in [9.17, 15) is 0 Å². The van der Waals surface area contributed by atoms with Crippen molar-refractivity contribution in [2.75, 3.05) is 0 Å². The zero-order chi connectivity index (χ0) is 24.0. The summed E-state index contributed by atoms with van der Waals surface area (Å²) in [6.07, 6.45) is 3.60. The number of oxazole rings is 2. The smallest absolute Gasteiger partial charge is 0.226 e. The van der Waals surface area contributed by atoms with Crippen molar-refractivity contribution in [2.45, 2.75) is 41.5 Å². The number of aryl methyl sites for hydroxylation is 2. The first-order chi connectivity index (χ1) is 16.3. The Bertz CT molecular complexity index is 1390. The molecular formula is C30H28N2O2. The van der Waals surface area contributed by atoms with Crippen molar-refractivity contribution in [3.8, 4) is 45.6 Å². The van der Waals surface area contributed by atoms with E-state index in [0.29, 0.717) is 11.8 Å². The van der Waals surface area contributed by atoms with Gasteiger partial charge in [-0.3, -0.25) is 0 Å². The van der Waals surface area contributed by atoms with Crippen molar-refractivity contribution >= 4 is 0 Å². The van der Waals surface area contributed by atoms with Crippen LogP contribution in [0.2, 0.25) is 0 Å². The molecule has 0 bridgehead atoms. The van der Waals surface area contributed by atoms with E-state index in [1.807, 2.05) is 24.3 Å². The van der Waals surface area contributed by atoms with Gasteiger partial charge >= 0.3 is 0 Å². The van der Waals surface area contributed by atoms with Gasteiger partial charge in [-0.15, -0.1) is 0 Å². The third kappa shape index (κ3) is 3.75. The zero-order valence-electron chi connectivity index (χ0n) is 20.5. The summed E-state index contributed by atoms with van der Waals surface area (Å²) in [5.74, 6) is 2.75. The lowest BCUT2D eigenvalue weighted by Gasteiger charge is -2.08. The highest BCUT2D eigenvalue weighted by molar-refractivity contribution is 5.69. The monoisotopic (exact) mass is 448 g/mol. The van der Waals surface area contributed by atoms with Gasteiger partial charge in [0.1, 0.15) is 0 Å². The number of hydrogen-bond donors (Lipinski definition) is 0. The molecule has 170 valence electrons. The third-order valence-electron chi connectivity index (χ3n) is 7.04. The summed E-state index contributed by atoms with van der Waals surface area (Å²) in [5, 5.41) is 0. The average Bonchev–Trinajstić information content (AvgIpc) is 3.52. The molecule has 2 heterocycles. The summed E-state index contributed by atoms with van der Waals surface area (Å²) in [5.41, 5.74) is 11.5. The van der Waals surface area contributed by atoms with Gasteiger partial charge in [-0.05, 0) is 99.2 Å². The van der Waals surface area contributed by atoms with E-state index in [2.05, 4.69) is 75.8 Å². The van der Waals surface area contributed by atoms with Gasteiger partial charge in [0.15, 0.2) is 11.5 Å². The van der Waals surface area contributed by atoms with E-state index >= 15 is 0 Å². The fraction of sp³-hybridized carbons (Fsp3) is 0.200. The summed E-state index contributed by atoms with van der Waals surface area (Å²) in [7, 11) is 0. The molecule has 0 aliphatic heterocycles. The van der Waals surface area contributed by atoms with Crippen LogP contribution in [0.1, 0.15) is 33.4 Å². The Balaban J connectivity index is 1.41. The minimum absolute atomic E-state index is 0.595. The number of rotatable bonds is 4. The average molecular weight is 449 g/mol. The Morgan fingerprint density at radius 1 is 0.471 bits per heavy atom. The van der Waals surface area contributed by atoms with E-state index in [1.165, 1.54) is 33.4 Å². The Labute approximate surface area is 200 Å². The first-order valence-corrected chi connectivity index (χ1v) is 11.5. The molecule has 0 saturated heterocycles. The fourth-order valence-electron chi connectivity index (χ4n) is 4.27. The van der Waals surface area contributed by atoms with E-state index in [1.54, 1.807) is 12.4 Å². The second-order valence-electron chi connectivity index (χ2n) is 9.00. The zero-order valence-corrected chi connectivity index (χ0v) is 20.5. The van der Waals surface area contributed by atoms with Crippen molar-refractivity contribution < 1.29 is 8.83 Å². The van der Waals surface area contributed by atoms with Crippen LogP contribution in [-0.4, -0.2) is 9.97 Å². The first-order valence-electron chi connectivity index (χ1n) is 11.5. The van der Waals surface area contributed by atoms with E-state index in [0.717, 1.165) is 33.8 Å². The first kappa shape index (κ1) is 21.9. The van der Waals surface area contributed by atoms with Crippen LogP contribution < -0.4 is 0 Å². The predicted octanol–water partition coefficient (Wildman–Crippen LogP) is 8.18.